The fourth-order valence-electron chi connectivity index (χ4n) is 3.10. The third kappa shape index (κ3) is 4.90. The third-order valence-corrected chi connectivity index (χ3v) is 4.65. The normalized spacial score (nSPS) is 11.7. The van der Waals surface area contributed by atoms with Crippen LogP contribution in [-0.2, 0) is 11.3 Å². The van der Waals surface area contributed by atoms with E-state index in [0.29, 0.717) is 18.8 Å². The van der Waals surface area contributed by atoms with E-state index in [1.54, 1.807) is 24.9 Å². The summed E-state index contributed by atoms with van der Waals surface area (Å²) in [5.74, 6) is 0.600. The first-order chi connectivity index (χ1) is 14.0. The molecule has 3 rings (SSSR count). The summed E-state index contributed by atoms with van der Waals surface area (Å²) in [6.45, 7) is 4.69. The van der Waals surface area contributed by atoms with Crippen LogP contribution in [0.5, 0.6) is 5.75 Å². The predicted octanol–water partition coefficient (Wildman–Crippen LogP) is 3.53. The number of hydrogen-bond donors (Lipinski definition) is 0. The minimum absolute atomic E-state index is 0.174. The van der Waals surface area contributed by atoms with Gasteiger partial charge in [-0.05, 0) is 49.7 Å². The van der Waals surface area contributed by atoms with Crippen LogP contribution in [-0.4, -0.2) is 34.2 Å². The van der Waals surface area contributed by atoms with Crippen LogP contribution in [0.2, 0.25) is 0 Å². The topological polar surface area (TPSA) is 64.4 Å². The van der Waals surface area contributed by atoms with Crippen molar-refractivity contribution in [2.75, 3.05) is 13.7 Å². The van der Waals surface area contributed by atoms with Crippen LogP contribution in [0.1, 0.15) is 25.5 Å². The molecule has 1 heterocycles. The molecule has 0 aliphatic rings. The van der Waals surface area contributed by atoms with E-state index in [0.717, 1.165) is 16.9 Å². The zero-order chi connectivity index (χ0) is 20.8. The maximum absolute atomic E-state index is 12.9. The summed E-state index contributed by atoms with van der Waals surface area (Å²) < 4.78 is 6.70. The summed E-state index contributed by atoms with van der Waals surface area (Å²) in [4.78, 5) is 26.9. The van der Waals surface area contributed by atoms with Crippen LogP contribution in [0, 0.1) is 0 Å². The average molecular weight is 391 g/mol. The highest BCUT2D eigenvalue weighted by Gasteiger charge is 2.21. The van der Waals surface area contributed by atoms with Gasteiger partial charge in [-0.1, -0.05) is 30.3 Å². The van der Waals surface area contributed by atoms with Crippen LogP contribution in [0.25, 0.3) is 11.3 Å². The first-order valence-corrected chi connectivity index (χ1v) is 9.61. The van der Waals surface area contributed by atoms with E-state index in [-0.39, 0.29) is 11.5 Å². The second kappa shape index (κ2) is 9.19. The molecule has 150 valence electrons. The van der Waals surface area contributed by atoms with Gasteiger partial charge in [0.05, 0.1) is 12.3 Å². The maximum atomic E-state index is 12.9. The van der Waals surface area contributed by atoms with Crippen molar-refractivity contribution in [3.8, 4) is 17.0 Å². The summed E-state index contributed by atoms with van der Waals surface area (Å²) in [5, 5.41) is 4.44. The van der Waals surface area contributed by atoms with Gasteiger partial charge >= 0.3 is 0 Å². The Bertz CT molecular complexity index is 1010. The van der Waals surface area contributed by atoms with Gasteiger partial charge in [-0.2, -0.15) is 5.10 Å². The van der Waals surface area contributed by atoms with E-state index >= 15 is 0 Å². The van der Waals surface area contributed by atoms with Crippen LogP contribution in [0.3, 0.4) is 0 Å². The highest BCUT2D eigenvalue weighted by atomic mass is 16.5. The van der Waals surface area contributed by atoms with Gasteiger partial charge < -0.3 is 9.64 Å². The molecule has 0 aliphatic carbocycles. The van der Waals surface area contributed by atoms with Crippen molar-refractivity contribution in [2.45, 2.75) is 26.4 Å². The molecule has 0 aliphatic heterocycles. The second-order valence-corrected chi connectivity index (χ2v) is 6.81. The van der Waals surface area contributed by atoms with Crippen LogP contribution < -0.4 is 10.3 Å². The van der Waals surface area contributed by atoms with E-state index in [2.05, 4.69) is 5.10 Å². The molecule has 1 unspecified atom stereocenters. The molecule has 2 aromatic carbocycles. The number of likely N-dealkylation sites (N-methyl/N-ethyl adjacent to an activating group) is 1. The average Bonchev–Trinajstić information content (AvgIpc) is 2.74. The van der Waals surface area contributed by atoms with Gasteiger partial charge in [0.2, 0.25) is 5.91 Å². The standard InChI is InChI=1S/C23H25N3O3/c1-4-29-20-12-10-19(11-13-20)21-14-15-22(27)26(24-21)17(2)23(28)25(3)16-18-8-6-5-7-9-18/h5-15,17H,4,16H2,1-3H3. The monoisotopic (exact) mass is 391 g/mol. The van der Waals surface area contributed by atoms with E-state index in [1.165, 1.54) is 10.7 Å². The lowest BCUT2D eigenvalue weighted by Crippen LogP contribution is -2.37. The number of carbonyl (C=O) groups is 1. The van der Waals surface area contributed by atoms with E-state index in [4.69, 9.17) is 4.74 Å². The Morgan fingerprint density at radius 2 is 1.76 bits per heavy atom. The van der Waals surface area contributed by atoms with Crippen LogP contribution in [0.15, 0.2) is 71.5 Å². The molecular weight excluding hydrogens is 366 g/mol. The molecule has 0 bridgehead atoms. The quantitative estimate of drug-likeness (QED) is 0.618. The minimum Gasteiger partial charge on any atom is -0.494 e. The van der Waals surface area contributed by atoms with Gasteiger partial charge in [0.25, 0.3) is 5.56 Å². The van der Waals surface area contributed by atoms with Crippen molar-refractivity contribution in [2.24, 2.45) is 0 Å². The van der Waals surface area contributed by atoms with Crippen molar-refractivity contribution in [3.63, 3.8) is 0 Å². The number of ether oxygens (including phenoxy) is 1. The largest absolute Gasteiger partial charge is 0.494 e. The summed E-state index contributed by atoms with van der Waals surface area (Å²) >= 11 is 0. The maximum Gasteiger partial charge on any atom is 0.267 e. The summed E-state index contributed by atoms with van der Waals surface area (Å²) in [5.41, 5.74) is 2.19. The zero-order valence-corrected chi connectivity index (χ0v) is 16.9. The fourth-order valence-corrected chi connectivity index (χ4v) is 3.10. The summed E-state index contributed by atoms with van der Waals surface area (Å²) in [7, 11) is 1.73. The highest BCUT2D eigenvalue weighted by molar-refractivity contribution is 5.79. The molecule has 0 N–H and O–H groups in total. The van der Waals surface area contributed by atoms with Gasteiger partial charge in [-0.3, -0.25) is 9.59 Å². The third-order valence-electron chi connectivity index (χ3n) is 4.65. The van der Waals surface area contributed by atoms with Crippen molar-refractivity contribution >= 4 is 5.91 Å². The number of rotatable bonds is 7. The first kappa shape index (κ1) is 20.3. The Hall–Kier alpha value is -3.41. The molecular formula is C23H25N3O3. The molecule has 1 aromatic heterocycles. The summed E-state index contributed by atoms with van der Waals surface area (Å²) in [6, 6.07) is 19.6. The molecule has 0 radical (unpaired) electrons. The van der Waals surface area contributed by atoms with Gasteiger partial charge in [0.15, 0.2) is 0 Å². The molecule has 29 heavy (non-hydrogen) atoms. The van der Waals surface area contributed by atoms with E-state index < -0.39 is 6.04 Å². The van der Waals surface area contributed by atoms with Crippen LogP contribution >= 0.6 is 0 Å². The molecule has 6 nitrogen and oxygen atoms in total. The van der Waals surface area contributed by atoms with Gasteiger partial charge in [-0.15, -0.1) is 0 Å². The Morgan fingerprint density at radius 3 is 2.41 bits per heavy atom. The number of nitrogens with zero attached hydrogens (tertiary/aromatic N) is 3. The Balaban J connectivity index is 1.81. The molecule has 1 amide bonds. The second-order valence-electron chi connectivity index (χ2n) is 6.81. The van der Waals surface area contributed by atoms with Gasteiger partial charge in [0.1, 0.15) is 11.8 Å². The smallest absolute Gasteiger partial charge is 0.267 e. The van der Waals surface area contributed by atoms with Crippen molar-refractivity contribution in [3.05, 3.63) is 82.6 Å². The molecule has 6 heteroatoms. The molecule has 0 fully saturated rings. The highest BCUT2D eigenvalue weighted by Crippen LogP contribution is 2.20. The van der Waals surface area contributed by atoms with E-state index in [1.807, 2.05) is 61.5 Å². The van der Waals surface area contributed by atoms with Gasteiger partial charge in [-0.25, -0.2) is 4.68 Å². The van der Waals surface area contributed by atoms with Crippen LogP contribution in [0.4, 0.5) is 0 Å². The number of carbonyl (C=O) groups excluding carboxylic acids is 1. The molecule has 1 atom stereocenters. The lowest BCUT2D eigenvalue weighted by molar-refractivity contribution is -0.133. The van der Waals surface area contributed by atoms with Gasteiger partial charge in [0, 0.05) is 25.2 Å². The molecule has 0 saturated carbocycles. The Morgan fingerprint density at radius 1 is 1.07 bits per heavy atom. The van der Waals surface area contributed by atoms with Crippen molar-refractivity contribution in [1.29, 1.82) is 0 Å². The summed E-state index contributed by atoms with van der Waals surface area (Å²) in [6.07, 6.45) is 0. The van der Waals surface area contributed by atoms with E-state index in [9.17, 15) is 9.59 Å². The van der Waals surface area contributed by atoms with Crippen molar-refractivity contribution < 1.29 is 9.53 Å². The predicted molar refractivity (Wildman–Crippen MR) is 113 cm³/mol. The lowest BCUT2D eigenvalue weighted by Gasteiger charge is -2.22. The molecule has 0 spiro atoms. The molecule has 0 saturated heterocycles. The number of hydrogen-bond acceptors (Lipinski definition) is 4. The Kier molecular flexibility index (Phi) is 6.44. The van der Waals surface area contributed by atoms with Crippen molar-refractivity contribution in [1.82, 2.24) is 14.7 Å². The zero-order valence-electron chi connectivity index (χ0n) is 16.9. The lowest BCUT2D eigenvalue weighted by atomic mass is 10.1. The Labute approximate surface area is 170 Å². The number of amides is 1. The minimum atomic E-state index is -0.709. The number of aromatic nitrogens is 2. The first-order valence-electron chi connectivity index (χ1n) is 9.61. The molecule has 3 aromatic rings. The fraction of sp³-hybridized carbons (Fsp3) is 0.261. The SMILES string of the molecule is CCOc1ccc(-c2ccc(=O)n(C(C)C(=O)N(C)Cc3ccccc3)n2)cc1. The number of benzene rings is 2.